The lowest BCUT2D eigenvalue weighted by molar-refractivity contribution is -0.0591. The molecule has 11 heteroatoms. The average molecular weight is 558 g/mol. The van der Waals surface area contributed by atoms with Gasteiger partial charge in [0.1, 0.15) is 24.4 Å². The number of rotatable bonds is 10. The first-order valence-corrected chi connectivity index (χ1v) is 13.5. The van der Waals surface area contributed by atoms with E-state index >= 15 is 0 Å². The van der Waals surface area contributed by atoms with Gasteiger partial charge in [0.25, 0.3) is 0 Å². The third-order valence-corrected chi connectivity index (χ3v) is 7.39. The van der Waals surface area contributed by atoms with Crippen molar-refractivity contribution in [2.24, 2.45) is 0 Å². The Morgan fingerprint density at radius 3 is 2.76 bits per heavy atom. The molecular formula is C30H28FN5O5. The molecule has 0 bridgehead atoms. The Morgan fingerprint density at radius 2 is 2.00 bits per heavy atom. The van der Waals surface area contributed by atoms with Crippen molar-refractivity contribution in [1.82, 2.24) is 19.4 Å². The number of imidazole rings is 1. The molecule has 0 amide bonds. The van der Waals surface area contributed by atoms with Crippen molar-refractivity contribution in [3.63, 3.8) is 0 Å². The second-order valence-electron chi connectivity index (χ2n) is 10.2. The average Bonchev–Trinajstić information content (AvgIpc) is 3.53. The smallest absolute Gasteiger partial charge is 0.335 e. The molecule has 0 radical (unpaired) electrons. The van der Waals surface area contributed by atoms with Crippen LogP contribution in [0.2, 0.25) is 0 Å². The lowest BCUT2D eigenvalue weighted by Crippen LogP contribution is -2.33. The van der Waals surface area contributed by atoms with E-state index in [-0.39, 0.29) is 29.9 Å². The number of carbonyl (C=O) groups is 1. The lowest BCUT2D eigenvalue weighted by atomic mass is 10.1. The Bertz CT molecular complexity index is 1630. The van der Waals surface area contributed by atoms with E-state index in [4.69, 9.17) is 24.5 Å². The predicted octanol–water partition coefficient (Wildman–Crippen LogP) is 4.16. The number of nitrogens with zero attached hydrogens (tertiary/aromatic N) is 5. The topological polar surface area (TPSA) is 123 Å². The molecule has 2 atom stereocenters. The van der Waals surface area contributed by atoms with Gasteiger partial charge < -0.3 is 23.9 Å². The highest BCUT2D eigenvalue weighted by atomic mass is 19.1. The van der Waals surface area contributed by atoms with Crippen LogP contribution in [0.3, 0.4) is 0 Å². The van der Waals surface area contributed by atoms with Crippen molar-refractivity contribution in [3.8, 4) is 17.8 Å². The molecule has 0 spiro atoms. The first-order chi connectivity index (χ1) is 19.9. The first-order valence-electron chi connectivity index (χ1n) is 13.5. The number of hydrogen-bond donors (Lipinski definition) is 1. The van der Waals surface area contributed by atoms with Gasteiger partial charge in [-0.2, -0.15) is 10.2 Å². The molecule has 2 aromatic carbocycles. The summed E-state index contributed by atoms with van der Waals surface area (Å²) in [5.41, 5.74) is 2.37. The molecule has 210 valence electrons. The Balaban J connectivity index is 1.09. The fourth-order valence-electron chi connectivity index (χ4n) is 5.10. The zero-order chi connectivity index (χ0) is 28.3. The van der Waals surface area contributed by atoms with Crippen molar-refractivity contribution >= 4 is 17.0 Å². The number of nitriles is 1. The molecule has 0 aliphatic carbocycles. The molecule has 2 aliphatic heterocycles. The van der Waals surface area contributed by atoms with Gasteiger partial charge in [-0.05, 0) is 43.2 Å². The molecule has 2 saturated heterocycles. The van der Waals surface area contributed by atoms with Crippen LogP contribution in [0.4, 0.5) is 4.39 Å². The van der Waals surface area contributed by atoms with Crippen LogP contribution in [0.1, 0.15) is 40.2 Å². The van der Waals surface area contributed by atoms with Gasteiger partial charge in [0.05, 0.1) is 47.4 Å². The summed E-state index contributed by atoms with van der Waals surface area (Å²) in [5, 5.41) is 18.4. The quantitative estimate of drug-likeness (QED) is 0.306. The van der Waals surface area contributed by atoms with Crippen molar-refractivity contribution in [2.45, 2.75) is 44.7 Å². The molecule has 1 N–H and O–H groups in total. The van der Waals surface area contributed by atoms with E-state index in [0.29, 0.717) is 37.0 Å². The summed E-state index contributed by atoms with van der Waals surface area (Å²) in [6.07, 6.45) is 1.79. The highest BCUT2D eigenvalue weighted by Gasteiger charge is 2.28. The van der Waals surface area contributed by atoms with Crippen LogP contribution in [0.15, 0.2) is 54.6 Å². The van der Waals surface area contributed by atoms with E-state index < -0.39 is 11.8 Å². The van der Waals surface area contributed by atoms with Gasteiger partial charge in [0.2, 0.25) is 11.8 Å². The number of benzene rings is 2. The molecule has 4 aromatic rings. The summed E-state index contributed by atoms with van der Waals surface area (Å²) in [6.45, 7) is 3.42. The molecular weight excluding hydrogens is 529 g/mol. The minimum Gasteiger partial charge on any atom is -0.478 e. The molecule has 2 aliphatic rings. The van der Waals surface area contributed by atoms with Crippen LogP contribution >= 0.6 is 0 Å². The number of aromatic carboxylic acids is 1. The second kappa shape index (κ2) is 11.5. The van der Waals surface area contributed by atoms with E-state index in [0.717, 1.165) is 42.9 Å². The molecule has 0 saturated carbocycles. The Kier molecular flexibility index (Phi) is 7.50. The third kappa shape index (κ3) is 5.99. The number of halogens is 1. The monoisotopic (exact) mass is 557 g/mol. The van der Waals surface area contributed by atoms with Gasteiger partial charge in [-0.15, -0.1) is 0 Å². The van der Waals surface area contributed by atoms with E-state index in [9.17, 15) is 14.3 Å². The number of ether oxygens (including phenoxy) is 3. The van der Waals surface area contributed by atoms with Crippen molar-refractivity contribution < 1.29 is 28.5 Å². The number of fused-ring (bicyclic) bond motifs is 1. The summed E-state index contributed by atoms with van der Waals surface area (Å²) in [6, 6.07) is 16.4. The SMILES string of the molecule is N#Cc1ccc(COc2cccc(O[C@H]3CCN(Cc4nc5ccc(C(=O)O)cc5n4C[C@@H]4CCO4)C3)n2)c(F)c1. The standard InChI is InChI=1S/C30H28FN5O5/c31-24-12-19(14-32)4-5-21(24)18-40-28-2-1-3-29(34-28)41-23-8-10-35(15-23)17-27-33-25-7-6-20(30(37)38)13-26(25)36(27)16-22-9-11-39-22/h1-7,12-13,22-23H,8-11,15-18H2,(H,37,38)/t22-,23-/m0/s1. The van der Waals surface area contributed by atoms with Crippen LogP contribution in [0, 0.1) is 17.1 Å². The summed E-state index contributed by atoms with van der Waals surface area (Å²) >= 11 is 0. The maximum Gasteiger partial charge on any atom is 0.335 e. The Hall–Kier alpha value is -4.53. The summed E-state index contributed by atoms with van der Waals surface area (Å²) < 4.78 is 33.8. The number of carboxylic acid groups (broad SMARTS) is 1. The lowest BCUT2D eigenvalue weighted by Gasteiger charge is -2.28. The predicted molar refractivity (Wildman–Crippen MR) is 145 cm³/mol. The molecule has 41 heavy (non-hydrogen) atoms. The fraction of sp³-hybridized carbons (Fsp3) is 0.333. The van der Waals surface area contributed by atoms with Crippen LogP contribution in [-0.2, 0) is 24.4 Å². The van der Waals surface area contributed by atoms with Gasteiger partial charge in [-0.1, -0.05) is 12.1 Å². The van der Waals surface area contributed by atoms with Gasteiger partial charge >= 0.3 is 5.97 Å². The molecule has 6 rings (SSSR count). The number of carboxylic acids is 1. The maximum atomic E-state index is 14.2. The fourth-order valence-corrected chi connectivity index (χ4v) is 5.10. The van der Waals surface area contributed by atoms with Gasteiger partial charge in [0, 0.05) is 37.4 Å². The Labute approximate surface area is 235 Å². The van der Waals surface area contributed by atoms with Crippen LogP contribution in [0.5, 0.6) is 11.8 Å². The minimum absolute atomic E-state index is 0.0218. The summed E-state index contributed by atoms with van der Waals surface area (Å²) in [7, 11) is 0. The molecule has 0 unspecified atom stereocenters. The van der Waals surface area contributed by atoms with Crippen LogP contribution < -0.4 is 9.47 Å². The van der Waals surface area contributed by atoms with Gasteiger partial charge in [-0.3, -0.25) is 4.90 Å². The van der Waals surface area contributed by atoms with Crippen molar-refractivity contribution in [1.29, 1.82) is 5.26 Å². The van der Waals surface area contributed by atoms with E-state index in [2.05, 4.69) is 14.5 Å². The van der Waals surface area contributed by atoms with Gasteiger partial charge in [0.15, 0.2) is 0 Å². The number of pyridine rings is 1. The molecule has 10 nitrogen and oxygen atoms in total. The van der Waals surface area contributed by atoms with Gasteiger partial charge in [-0.25, -0.2) is 14.2 Å². The highest BCUT2D eigenvalue weighted by Crippen LogP contribution is 2.25. The molecule has 2 fully saturated rings. The van der Waals surface area contributed by atoms with E-state index in [1.807, 2.05) is 6.07 Å². The van der Waals surface area contributed by atoms with E-state index in [1.54, 1.807) is 42.5 Å². The summed E-state index contributed by atoms with van der Waals surface area (Å²) in [5.74, 6) is 0.130. The molecule has 4 heterocycles. The van der Waals surface area contributed by atoms with Crippen molar-refractivity contribution in [3.05, 3.63) is 82.9 Å². The van der Waals surface area contributed by atoms with Crippen LogP contribution in [-0.4, -0.2) is 62.4 Å². The Morgan fingerprint density at radius 1 is 1.15 bits per heavy atom. The zero-order valence-corrected chi connectivity index (χ0v) is 22.2. The summed E-state index contributed by atoms with van der Waals surface area (Å²) in [4.78, 5) is 23.1. The first kappa shape index (κ1) is 26.7. The highest BCUT2D eigenvalue weighted by molar-refractivity contribution is 5.92. The zero-order valence-electron chi connectivity index (χ0n) is 22.2. The second-order valence-corrected chi connectivity index (χ2v) is 10.2. The molecule has 2 aromatic heterocycles. The number of hydrogen-bond acceptors (Lipinski definition) is 8. The number of aromatic nitrogens is 3. The maximum absolute atomic E-state index is 14.2. The van der Waals surface area contributed by atoms with E-state index in [1.165, 1.54) is 12.1 Å². The number of likely N-dealkylation sites (tertiary alicyclic amines) is 1. The van der Waals surface area contributed by atoms with Crippen LogP contribution in [0.25, 0.3) is 11.0 Å². The minimum atomic E-state index is -0.967. The van der Waals surface area contributed by atoms with Crippen molar-refractivity contribution in [2.75, 3.05) is 19.7 Å². The normalized spacial score (nSPS) is 18.6. The third-order valence-electron chi connectivity index (χ3n) is 7.39. The largest absolute Gasteiger partial charge is 0.478 e.